The van der Waals surface area contributed by atoms with Gasteiger partial charge in [0.25, 0.3) is 0 Å². The van der Waals surface area contributed by atoms with Crippen LogP contribution in [0.15, 0.2) is 64.7 Å². The number of aromatic nitrogens is 3. The van der Waals surface area contributed by atoms with Crippen LogP contribution in [0, 0.1) is 5.82 Å². The number of para-hydroxylation sites is 1. The SMILES string of the molecule is C=CC(=O)N1CC(F)(Cn2c(=O)c(=O)n(-c3c(C(C)C)cccc3C(C)C)c3nc(-c4c(O)cccc4F)c(Cl)cc32)C1. The van der Waals surface area contributed by atoms with E-state index in [2.05, 4.69) is 11.6 Å². The normalized spacial score (nSPS) is 14.4. The van der Waals surface area contributed by atoms with E-state index in [-0.39, 0.29) is 52.4 Å². The highest BCUT2D eigenvalue weighted by Gasteiger charge is 2.46. The molecule has 2 aromatic carbocycles. The van der Waals surface area contributed by atoms with E-state index in [0.29, 0.717) is 5.69 Å². The minimum atomic E-state index is -2.01. The lowest BCUT2D eigenvalue weighted by molar-refractivity contribution is -0.141. The van der Waals surface area contributed by atoms with E-state index in [1.807, 2.05) is 45.9 Å². The number of carbonyl (C=O) groups excluding carboxylic acids is 1. The van der Waals surface area contributed by atoms with Crippen molar-refractivity contribution in [1.29, 1.82) is 0 Å². The summed E-state index contributed by atoms with van der Waals surface area (Å²) in [6, 6.07) is 10.6. The number of carbonyl (C=O) groups is 1. The zero-order valence-corrected chi connectivity index (χ0v) is 25.0. The molecule has 1 saturated heterocycles. The van der Waals surface area contributed by atoms with Gasteiger partial charge in [-0.1, -0.05) is 70.1 Å². The van der Waals surface area contributed by atoms with E-state index in [1.54, 1.807) is 0 Å². The van der Waals surface area contributed by atoms with Gasteiger partial charge in [0.05, 0.1) is 47.1 Å². The number of halogens is 3. The number of hydrogen-bond acceptors (Lipinski definition) is 5. The molecule has 2 aromatic heterocycles. The summed E-state index contributed by atoms with van der Waals surface area (Å²) in [5, 5.41) is 10.4. The highest BCUT2D eigenvalue weighted by Crippen LogP contribution is 2.38. The molecule has 0 aliphatic carbocycles. The van der Waals surface area contributed by atoms with Crippen molar-refractivity contribution in [3.8, 4) is 22.7 Å². The van der Waals surface area contributed by atoms with Gasteiger partial charge in [-0.05, 0) is 47.2 Å². The number of amides is 1. The highest BCUT2D eigenvalue weighted by atomic mass is 35.5. The fourth-order valence-corrected chi connectivity index (χ4v) is 5.85. The second-order valence-electron chi connectivity index (χ2n) is 11.5. The topological polar surface area (TPSA) is 97.4 Å². The van der Waals surface area contributed by atoms with Crippen molar-refractivity contribution in [3.05, 3.63) is 97.8 Å². The van der Waals surface area contributed by atoms with Gasteiger partial charge in [0.2, 0.25) is 5.91 Å². The molecule has 1 aliphatic rings. The number of benzene rings is 2. The molecule has 1 aliphatic heterocycles. The maximum absolute atomic E-state index is 15.9. The van der Waals surface area contributed by atoms with Gasteiger partial charge < -0.3 is 10.0 Å². The second-order valence-corrected chi connectivity index (χ2v) is 11.9. The van der Waals surface area contributed by atoms with E-state index in [4.69, 9.17) is 11.6 Å². The number of nitrogens with zero attached hydrogens (tertiary/aromatic N) is 4. The second kappa shape index (κ2) is 11.1. The number of rotatable bonds is 7. The Bertz CT molecular complexity index is 1860. The van der Waals surface area contributed by atoms with E-state index in [0.717, 1.165) is 27.8 Å². The van der Waals surface area contributed by atoms with Crippen molar-refractivity contribution in [2.24, 2.45) is 0 Å². The summed E-state index contributed by atoms with van der Waals surface area (Å²) in [5.41, 5.74) is -2.50. The first kappa shape index (κ1) is 30.2. The van der Waals surface area contributed by atoms with Gasteiger partial charge in [-0.2, -0.15) is 0 Å². The molecule has 1 N–H and O–H groups in total. The lowest BCUT2D eigenvalue weighted by atomic mass is 9.92. The van der Waals surface area contributed by atoms with E-state index >= 15 is 8.78 Å². The van der Waals surface area contributed by atoms with Crippen LogP contribution in [0.4, 0.5) is 8.78 Å². The number of likely N-dealkylation sites (tertiary alicyclic amines) is 1. The van der Waals surface area contributed by atoms with Gasteiger partial charge in [0.15, 0.2) is 11.3 Å². The minimum absolute atomic E-state index is 0.0352. The first-order valence-corrected chi connectivity index (χ1v) is 14.2. The molecule has 0 bridgehead atoms. The highest BCUT2D eigenvalue weighted by molar-refractivity contribution is 6.33. The Morgan fingerprint density at radius 1 is 1.09 bits per heavy atom. The quantitative estimate of drug-likeness (QED) is 0.215. The monoisotopic (exact) mass is 608 g/mol. The van der Waals surface area contributed by atoms with Crippen LogP contribution < -0.4 is 11.1 Å². The molecule has 0 spiro atoms. The number of alkyl halides is 1. The van der Waals surface area contributed by atoms with Crippen molar-refractivity contribution in [1.82, 2.24) is 19.0 Å². The van der Waals surface area contributed by atoms with Crippen molar-refractivity contribution in [3.63, 3.8) is 0 Å². The first-order chi connectivity index (χ1) is 20.3. The summed E-state index contributed by atoms with van der Waals surface area (Å²) in [6.45, 7) is 10.1. The molecule has 5 rings (SSSR count). The van der Waals surface area contributed by atoms with Crippen molar-refractivity contribution in [2.75, 3.05) is 13.1 Å². The van der Waals surface area contributed by atoms with Crippen LogP contribution in [0.2, 0.25) is 5.02 Å². The molecule has 4 aromatic rings. The Balaban J connectivity index is 1.88. The third kappa shape index (κ3) is 5.14. The molecule has 0 radical (unpaired) electrons. The summed E-state index contributed by atoms with van der Waals surface area (Å²) in [5.74, 6) is -1.82. The van der Waals surface area contributed by atoms with Crippen LogP contribution in [-0.4, -0.2) is 48.8 Å². The minimum Gasteiger partial charge on any atom is -0.507 e. The third-order valence-electron chi connectivity index (χ3n) is 7.74. The van der Waals surface area contributed by atoms with Crippen LogP contribution in [0.1, 0.15) is 50.7 Å². The number of hydrogen-bond donors (Lipinski definition) is 1. The maximum Gasteiger partial charge on any atom is 0.322 e. The molecule has 1 fully saturated rings. The van der Waals surface area contributed by atoms with Crippen LogP contribution in [-0.2, 0) is 11.3 Å². The largest absolute Gasteiger partial charge is 0.507 e. The fourth-order valence-electron chi connectivity index (χ4n) is 5.61. The van der Waals surface area contributed by atoms with Crippen molar-refractivity contribution in [2.45, 2.75) is 51.7 Å². The Morgan fingerprint density at radius 2 is 1.70 bits per heavy atom. The molecular weight excluding hydrogens is 578 g/mol. The van der Waals surface area contributed by atoms with Crippen LogP contribution in [0.3, 0.4) is 0 Å². The number of phenols is 1. The lowest BCUT2D eigenvalue weighted by Gasteiger charge is -2.44. The number of fused-ring (bicyclic) bond motifs is 1. The molecule has 1 amide bonds. The Kier molecular flexibility index (Phi) is 7.77. The average Bonchev–Trinajstić information content (AvgIpc) is 2.94. The molecule has 8 nitrogen and oxygen atoms in total. The summed E-state index contributed by atoms with van der Waals surface area (Å²) >= 11 is 6.61. The molecule has 43 heavy (non-hydrogen) atoms. The molecule has 11 heteroatoms. The molecule has 0 saturated carbocycles. The zero-order chi connectivity index (χ0) is 31.4. The van der Waals surface area contributed by atoms with E-state index < -0.39 is 40.8 Å². The Hall–Kier alpha value is -4.31. The summed E-state index contributed by atoms with van der Waals surface area (Å²) in [4.78, 5) is 45.7. The first-order valence-electron chi connectivity index (χ1n) is 13.9. The zero-order valence-electron chi connectivity index (χ0n) is 24.2. The predicted octanol–water partition coefficient (Wildman–Crippen LogP) is 5.70. The van der Waals surface area contributed by atoms with Crippen LogP contribution in [0.5, 0.6) is 5.75 Å². The maximum atomic E-state index is 15.9. The van der Waals surface area contributed by atoms with Gasteiger partial charge in [-0.3, -0.25) is 23.5 Å². The molecule has 3 heterocycles. The van der Waals surface area contributed by atoms with E-state index in [1.165, 1.54) is 27.7 Å². The Labute approximate surface area is 251 Å². The number of pyridine rings is 1. The summed E-state index contributed by atoms with van der Waals surface area (Å²) in [6.07, 6.45) is 1.07. The van der Waals surface area contributed by atoms with Crippen LogP contribution in [0.25, 0.3) is 28.1 Å². The van der Waals surface area contributed by atoms with Gasteiger partial charge in [-0.25, -0.2) is 13.8 Å². The molecule has 0 unspecified atom stereocenters. The van der Waals surface area contributed by atoms with Crippen molar-refractivity contribution < 1.29 is 18.7 Å². The predicted molar refractivity (Wildman–Crippen MR) is 162 cm³/mol. The number of aromatic hydroxyl groups is 1. The molecular formula is C32H31ClF2N4O4. The van der Waals surface area contributed by atoms with Gasteiger partial charge in [-0.15, -0.1) is 0 Å². The third-order valence-corrected chi connectivity index (χ3v) is 8.03. The van der Waals surface area contributed by atoms with Gasteiger partial charge >= 0.3 is 11.1 Å². The fraction of sp³-hybridized carbons (Fsp3) is 0.312. The standard InChI is InChI=1S/C32H31ClF2N4O4/c1-6-25(41)37-14-32(35,15-37)16-38-23-13-21(33)27(26-22(34)11-8-12-24(26)40)36-29(23)39(31(43)30(38)42)28-19(17(2)3)9-7-10-20(28)18(4)5/h6-13,17-18,40H,1,14-16H2,2-5H3. The number of phenolic OH excluding ortho intramolecular Hbond substituents is 1. The van der Waals surface area contributed by atoms with Gasteiger partial charge in [0.1, 0.15) is 11.6 Å². The smallest absolute Gasteiger partial charge is 0.322 e. The Morgan fingerprint density at radius 3 is 2.26 bits per heavy atom. The summed E-state index contributed by atoms with van der Waals surface area (Å²) < 4.78 is 33.1. The van der Waals surface area contributed by atoms with Crippen molar-refractivity contribution >= 4 is 28.7 Å². The molecule has 224 valence electrons. The van der Waals surface area contributed by atoms with Crippen LogP contribution >= 0.6 is 11.6 Å². The summed E-state index contributed by atoms with van der Waals surface area (Å²) in [7, 11) is 0. The average molecular weight is 609 g/mol. The van der Waals surface area contributed by atoms with E-state index in [9.17, 15) is 19.5 Å². The van der Waals surface area contributed by atoms with Gasteiger partial charge in [0, 0.05) is 0 Å². The lowest BCUT2D eigenvalue weighted by Crippen LogP contribution is -2.63. The molecule has 0 atom stereocenters.